The lowest BCUT2D eigenvalue weighted by Crippen LogP contribution is -2.28. The molecule has 0 aromatic carbocycles. The van der Waals surface area contributed by atoms with Gasteiger partial charge in [-0.15, -0.1) is 0 Å². The van der Waals surface area contributed by atoms with Crippen LogP contribution < -0.4 is 10.6 Å². The molecule has 1 saturated heterocycles. The minimum absolute atomic E-state index is 0.0973. The van der Waals surface area contributed by atoms with E-state index in [4.69, 9.17) is 11.6 Å². The monoisotopic (exact) mass is 310 g/mol. The van der Waals surface area contributed by atoms with E-state index < -0.39 is 0 Å². The lowest BCUT2D eigenvalue weighted by atomic mass is 10.2. The Bertz CT molecular complexity index is 475. The van der Waals surface area contributed by atoms with Gasteiger partial charge in [0.25, 0.3) is 5.91 Å². The highest BCUT2D eigenvalue weighted by molar-refractivity contribution is 6.29. The molecule has 5 nitrogen and oxygen atoms in total. The van der Waals surface area contributed by atoms with E-state index in [-0.39, 0.29) is 5.91 Å². The summed E-state index contributed by atoms with van der Waals surface area (Å²) in [4.78, 5) is 18.7. The molecule has 0 bridgehead atoms. The molecule has 0 aliphatic carbocycles. The minimum atomic E-state index is -0.0973. The number of likely N-dealkylation sites (tertiary alicyclic amines) is 1. The van der Waals surface area contributed by atoms with Crippen LogP contribution in [0.15, 0.2) is 12.1 Å². The average Bonchev–Trinajstić information content (AvgIpc) is 2.96. The van der Waals surface area contributed by atoms with Crippen LogP contribution in [0, 0.1) is 0 Å². The topological polar surface area (TPSA) is 57.3 Å². The summed E-state index contributed by atoms with van der Waals surface area (Å²) in [5.74, 6) is 0.534. The first kappa shape index (κ1) is 16.0. The first-order valence-electron chi connectivity index (χ1n) is 7.61. The van der Waals surface area contributed by atoms with Crippen molar-refractivity contribution in [3.63, 3.8) is 0 Å². The number of pyridine rings is 1. The summed E-state index contributed by atoms with van der Waals surface area (Å²) in [6, 6.07) is 3.32. The van der Waals surface area contributed by atoms with E-state index in [1.807, 2.05) is 6.92 Å². The highest BCUT2D eigenvalue weighted by Gasteiger charge is 2.11. The normalized spacial score (nSPS) is 15.1. The molecule has 0 radical (unpaired) electrons. The maximum absolute atomic E-state index is 12.1. The SMILES string of the molecule is CCNc1cc(C(=O)NCCCN2CCCC2)cc(Cl)n1. The van der Waals surface area contributed by atoms with E-state index in [1.54, 1.807) is 12.1 Å². The third-order valence-corrected chi connectivity index (χ3v) is 3.74. The second-order valence-electron chi connectivity index (χ2n) is 5.25. The second kappa shape index (κ2) is 8.20. The predicted molar refractivity (Wildman–Crippen MR) is 86.0 cm³/mol. The Kier molecular flexibility index (Phi) is 6.26. The number of nitrogens with one attached hydrogen (secondary N) is 2. The fraction of sp³-hybridized carbons (Fsp3) is 0.600. The van der Waals surface area contributed by atoms with Crippen LogP contribution in [0.4, 0.5) is 5.82 Å². The number of hydrogen-bond donors (Lipinski definition) is 2. The summed E-state index contributed by atoms with van der Waals surface area (Å²) in [5.41, 5.74) is 0.548. The Labute approximate surface area is 131 Å². The first-order valence-corrected chi connectivity index (χ1v) is 7.99. The average molecular weight is 311 g/mol. The largest absolute Gasteiger partial charge is 0.370 e. The molecule has 116 valence electrons. The fourth-order valence-electron chi connectivity index (χ4n) is 2.51. The van der Waals surface area contributed by atoms with E-state index >= 15 is 0 Å². The van der Waals surface area contributed by atoms with Crippen LogP contribution in [0.5, 0.6) is 0 Å². The Morgan fingerprint density at radius 3 is 2.86 bits per heavy atom. The van der Waals surface area contributed by atoms with Gasteiger partial charge in [0.1, 0.15) is 11.0 Å². The lowest BCUT2D eigenvalue weighted by molar-refractivity contribution is 0.0952. The summed E-state index contributed by atoms with van der Waals surface area (Å²) < 4.78 is 0. The molecule has 1 fully saturated rings. The number of carbonyl (C=O) groups is 1. The van der Waals surface area contributed by atoms with E-state index in [0.29, 0.717) is 23.1 Å². The third kappa shape index (κ3) is 5.17. The minimum Gasteiger partial charge on any atom is -0.370 e. The molecule has 1 aromatic heterocycles. The van der Waals surface area contributed by atoms with Gasteiger partial charge in [-0.1, -0.05) is 11.6 Å². The van der Waals surface area contributed by atoms with Crippen molar-refractivity contribution < 1.29 is 4.79 Å². The molecule has 1 aliphatic rings. The van der Waals surface area contributed by atoms with Gasteiger partial charge < -0.3 is 15.5 Å². The fourth-order valence-corrected chi connectivity index (χ4v) is 2.72. The highest BCUT2D eigenvalue weighted by atomic mass is 35.5. The number of aromatic nitrogens is 1. The van der Waals surface area contributed by atoms with Gasteiger partial charge >= 0.3 is 0 Å². The molecule has 0 spiro atoms. The van der Waals surface area contributed by atoms with E-state index in [0.717, 1.165) is 19.5 Å². The molecule has 21 heavy (non-hydrogen) atoms. The number of halogens is 1. The van der Waals surface area contributed by atoms with Crippen molar-refractivity contribution in [2.24, 2.45) is 0 Å². The number of amides is 1. The van der Waals surface area contributed by atoms with Crippen LogP contribution in [0.2, 0.25) is 5.15 Å². The van der Waals surface area contributed by atoms with Crippen molar-refractivity contribution in [2.75, 3.05) is 38.0 Å². The number of nitrogens with zero attached hydrogens (tertiary/aromatic N) is 2. The molecule has 0 atom stereocenters. The maximum atomic E-state index is 12.1. The number of anilines is 1. The molecule has 2 rings (SSSR count). The zero-order valence-corrected chi connectivity index (χ0v) is 13.2. The quantitative estimate of drug-likeness (QED) is 0.600. The van der Waals surface area contributed by atoms with Gasteiger partial charge in [0.2, 0.25) is 0 Å². The van der Waals surface area contributed by atoms with E-state index in [9.17, 15) is 4.79 Å². The molecule has 1 aromatic rings. The summed E-state index contributed by atoms with van der Waals surface area (Å²) in [7, 11) is 0. The van der Waals surface area contributed by atoms with Gasteiger partial charge in [-0.2, -0.15) is 0 Å². The molecule has 2 heterocycles. The smallest absolute Gasteiger partial charge is 0.251 e. The zero-order valence-electron chi connectivity index (χ0n) is 12.5. The van der Waals surface area contributed by atoms with Gasteiger partial charge in [-0.05, 0) is 58.0 Å². The molecular formula is C15H23ClN4O. The van der Waals surface area contributed by atoms with Gasteiger partial charge in [0.05, 0.1) is 0 Å². The van der Waals surface area contributed by atoms with E-state index in [2.05, 4.69) is 20.5 Å². The van der Waals surface area contributed by atoms with Crippen LogP contribution in [0.1, 0.15) is 36.5 Å². The van der Waals surface area contributed by atoms with Crippen molar-refractivity contribution in [1.82, 2.24) is 15.2 Å². The Morgan fingerprint density at radius 2 is 2.14 bits per heavy atom. The standard InChI is InChI=1S/C15H23ClN4O/c1-2-17-14-11-12(10-13(16)19-14)15(21)18-6-5-9-20-7-3-4-8-20/h10-11H,2-9H2,1H3,(H,17,19)(H,18,21). The zero-order chi connectivity index (χ0) is 15.1. The lowest BCUT2D eigenvalue weighted by Gasteiger charge is -2.14. The Morgan fingerprint density at radius 1 is 1.38 bits per heavy atom. The molecule has 2 N–H and O–H groups in total. The van der Waals surface area contributed by atoms with Crippen molar-refractivity contribution in [3.05, 3.63) is 22.8 Å². The molecule has 1 amide bonds. The molecular weight excluding hydrogens is 288 g/mol. The third-order valence-electron chi connectivity index (χ3n) is 3.55. The summed E-state index contributed by atoms with van der Waals surface area (Å²) >= 11 is 5.94. The Balaban J connectivity index is 1.79. The van der Waals surface area contributed by atoms with Crippen molar-refractivity contribution in [1.29, 1.82) is 0 Å². The van der Waals surface area contributed by atoms with Crippen LogP contribution in [-0.4, -0.2) is 48.5 Å². The second-order valence-corrected chi connectivity index (χ2v) is 5.64. The molecule has 6 heteroatoms. The number of hydrogen-bond acceptors (Lipinski definition) is 4. The van der Waals surface area contributed by atoms with Crippen LogP contribution in [0.3, 0.4) is 0 Å². The van der Waals surface area contributed by atoms with Crippen molar-refractivity contribution in [2.45, 2.75) is 26.2 Å². The summed E-state index contributed by atoms with van der Waals surface area (Å²) in [6.07, 6.45) is 3.58. The predicted octanol–water partition coefficient (Wildman–Crippen LogP) is 2.38. The Hall–Kier alpha value is -1.33. The van der Waals surface area contributed by atoms with Gasteiger partial charge in [-0.3, -0.25) is 4.79 Å². The number of carbonyl (C=O) groups excluding carboxylic acids is 1. The first-order chi connectivity index (χ1) is 10.2. The molecule has 0 saturated carbocycles. The van der Waals surface area contributed by atoms with E-state index in [1.165, 1.54) is 25.9 Å². The highest BCUT2D eigenvalue weighted by Crippen LogP contribution is 2.14. The van der Waals surface area contributed by atoms with Crippen molar-refractivity contribution in [3.8, 4) is 0 Å². The van der Waals surface area contributed by atoms with Crippen LogP contribution in [-0.2, 0) is 0 Å². The van der Waals surface area contributed by atoms with Gasteiger partial charge in [0, 0.05) is 18.7 Å². The van der Waals surface area contributed by atoms with Gasteiger partial charge in [0.15, 0.2) is 0 Å². The molecule has 0 unspecified atom stereocenters. The summed E-state index contributed by atoms with van der Waals surface area (Å²) in [5, 5.41) is 6.33. The van der Waals surface area contributed by atoms with Crippen molar-refractivity contribution >= 4 is 23.3 Å². The van der Waals surface area contributed by atoms with Gasteiger partial charge in [-0.25, -0.2) is 4.98 Å². The van der Waals surface area contributed by atoms with Crippen LogP contribution in [0.25, 0.3) is 0 Å². The van der Waals surface area contributed by atoms with Crippen LogP contribution >= 0.6 is 11.6 Å². The number of rotatable bonds is 7. The maximum Gasteiger partial charge on any atom is 0.251 e. The molecule has 1 aliphatic heterocycles. The summed E-state index contributed by atoms with van der Waals surface area (Å²) in [6.45, 7) is 6.84.